The number of carbonyl (C=O) groups excluding carboxylic acids is 1. The van der Waals surface area contributed by atoms with Gasteiger partial charge < -0.3 is 5.32 Å². The van der Waals surface area contributed by atoms with Crippen LogP contribution in [0.25, 0.3) is 12.2 Å². The van der Waals surface area contributed by atoms with Gasteiger partial charge in [0, 0.05) is 21.0 Å². The number of benzene rings is 2. The van der Waals surface area contributed by atoms with E-state index in [4.69, 9.17) is 0 Å². The first-order valence-electron chi connectivity index (χ1n) is 7.42. The topological polar surface area (TPSA) is 29.1 Å². The van der Waals surface area contributed by atoms with Crippen molar-refractivity contribution in [3.63, 3.8) is 0 Å². The monoisotopic (exact) mass is 319 g/mol. The van der Waals surface area contributed by atoms with Gasteiger partial charge in [-0.1, -0.05) is 42.5 Å². The first-order valence-corrected chi connectivity index (χ1v) is 8.24. The molecule has 0 bridgehead atoms. The zero-order valence-corrected chi connectivity index (χ0v) is 13.6. The molecule has 0 saturated carbocycles. The maximum atomic E-state index is 12.5. The number of nitrogens with one attached hydrogen (secondary N) is 1. The molecule has 1 heterocycles. The van der Waals surface area contributed by atoms with E-state index in [0.29, 0.717) is 5.56 Å². The van der Waals surface area contributed by atoms with Crippen LogP contribution in [0.4, 0.5) is 5.69 Å². The summed E-state index contributed by atoms with van der Waals surface area (Å²) in [6.45, 7) is 2.09. The number of aryl methyl sites for hydroxylation is 1. The summed E-state index contributed by atoms with van der Waals surface area (Å²) in [7, 11) is 0. The highest BCUT2D eigenvalue weighted by Crippen LogP contribution is 2.20. The minimum Gasteiger partial charge on any atom is -0.322 e. The molecular formula is C20H17NOS. The van der Waals surface area contributed by atoms with Gasteiger partial charge in [-0.2, -0.15) is 0 Å². The van der Waals surface area contributed by atoms with Crippen LogP contribution in [0.15, 0.2) is 66.7 Å². The first-order chi connectivity index (χ1) is 11.2. The predicted molar refractivity (Wildman–Crippen MR) is 98.8 cm³/mol. The molecule has 2 nitrogen and oxygen atoms in total. The highest BCUT2D eigenvalue weighted by Gasteiger charge is 2.09. The lowest BCUT2D eigenvalue weighted by Gasteiger charge is -2.07. The summed E-state index contributed by atoms with van der Waals surface area (Å²) in [6.07, 6.45) is 4.04. The van der Waals surface area contributed by atoms with Crippen molar-refractivity contribution in [1.29, 1.82) is 0 Å². The van der Waals surface area contributed by atoms with Crippen molar-refractivity contribution in [1.82, 2.24) is 0 Å². The Labute approximate surface area is 140 Å². The van der Waals surface area contributed by atoms with E-state index < -0.39 is 0 Å². The number of hydrogen-bond donors (Lipinski definition) is 1. The number of amides is 1. The Hall–Kier alpha value is -2.65. The fourth-order valence-electron chi connectivity index (χ4n) is 2.28. The third-order valence-corrected chi connectivity index (χ3v) is 4.39. The molecule has 1 amide bonds. The van der Waals surface area contributed by atoms with Crippen LogP contribution in [0.3, 0.4) is 0 Å². The molecule has 1 N–H and O–H groups in total. The Morgan fingerprint density at radius 2 is 1.65 bits per heavy atom. The minimum absolute atomic E-state index is 0.0983. The molecule has 0 aliphatic carbocycles. The Kier molecular flexibility index (Phi) is 4.69. The first kappa shape index (κ1) is 15.3. The van der Waals surface area contributed by atoms with Gasteiger partial charge in [-0.15, -0.1) is 11.3 Å². The lowest BCUT2D eigenvalue weighted by molar-refractivity contribution is 0.102. The second kappa shape index (κ2) is 7.07. The van der Waals surface area contributed by atoms with Crippen LogP contribution in [-0.2, 0) is 0 Å². The second-order valence-corrected chi connectivity index (χ2v) is 6.51. The molecular weight excluding hydrogens is 302 g/mol. The zero-order chi connectivity index (χ0) is 16.1. The molecule has 0 aliphatic rings. The van der Waals surface area contributed by atoms with Gasteiger partial charge in [-0.25, -0.2) is 0 Å². The predicted octanol–water partition coefficient (Wildman–Crippen LogP) is 5.48. The molecule has 2 aromatic carbocycles. The van der Waals surface area contributed by atoms with E-state index >= 15 is 0 Å². The van der Waals surface area contributed by atoms with Gasteiger partial charge >= 0.3 is 0 Å². The molecule has 0 saturated heterocycles. The van der Waals surface area contributed by atoms with Crippen molar-refractivity contribution in [2.75, 3.05) is 5.32 Å². The van der Waals surface area contributed by atoms with Gasteiger partial charge in [0.15, 0.2) is 0 Å². The zero-order valence-electron chi connectivity index (χ0n) is 12.8. The largest absolute Gasteiger partial charge is 0.322 e. The normalized spacial score (nSPS) is 10.8. The standard InChI is InChI=1S/C20H17NOS/c1-15-11-13-18(23-15)14-12-16-7-5-6-10-19(16)20(22)21-17-8-3-2-4-9-17/h2-14H,1H3,(H,21,22)/b14-12+. The molecule has 0 spiro atoms. The molecule has 0 aliphatic heterocycles. The van der Waals surface area contributed by atoms with E-state index in [0.717, 1.165) is 11.3 Å². The van der Waals surface area contributed by atoms with Crippen LogP contribution >= 0.6 is 11.3 Å². The fraction of sp³-hybridized carbons (Fsp3) is 0.0500. The number of rotatable bonds is 4. The van der Waals surface area contributed by atoms with Crippen LogP contribution < -0.4 is 5.32 Å². The maximum Gasteiger partial charge on any atom is 0.256 e. The molecule has 114 valence electrons. The molecule has 0 fully saturated rings. The Balaban J connectivity index is 1.82. The fourth-order valence-corrected chi connectivity index (χ4v) is 3.06. The molecule has 3 rings (SSSR count). The summed E-state index contributed by atoms with van der Waals surface area (Å²) in [4.78, 5) is 15.0. The summed E-state index contributed by atoms with van der Waals surface area (Å²) in [5.74, 6) is -0.0983. The number of carbonyl (C=O) groups is 1. The van der Waals surface area contributed by atoms with Crippen molar-refractivity contribution in [3.05, 3.63) is 87.6 Å². The lowest BCUT2D eigenvalue weighted by Crippen LogP contribution is -2.13. The summed E-state index contributed by atoms with van der Waals surface area (Å²) in [5, 5.41) is 2.93. The molecule has 3 aromatic rings. The van der Waals surface area contributed by atoms with E-state index in [1.165, 1.54) is 9.75 Å². The van der Waals surface area contributed by atoms with Crippen molar-refractivity contribution in [3.8, 4) is 0 Å². The number of thiophene rings is 1. The quantitative estimate of drug-likeness (QED) is 0.678. The number of para-hydroxylation sites is 1. The van der Waals surface area contributed by atoms with Gasteiger partial charge in [-0.05, 0) is 48.9 Å². The van der Waals surface area contributed by atoms with E-state index in [1.807, 2.05) is 66.7 Å². The van der Waals surface area contributed by atoms with Crippen molar-refractivity contribution < 1.29 is 4.79 Å². The van der Waals surface area contributed by atoms with Crippen molar-refractivity contribution in [2.24, 2.45) is 0 Å². The molecule has 0 radical (unpaired) electrons. The molecule has 3 heteroatoms. The van der Waals surface area contributed by atoms with E-state index in [9.17, 15) is 4.79 Å². The lowest BCUT2D eigenvalue weighted by atomic mass is 10.1. The van der Waals surface area contributed by atoms with Crippen LogP contribution in [0.1, 0.15) is 25.7 Å². The third-order valence-electron chi connectivity index (χ3n) is 3.43. The molecule has 23 heavy (non-hydrogen) atoms. The summed E-state index contributed by atoms with van der Waals surface area (Å²) in [5.41, 5.74) is 2.37. The van der Waals surface area contributed by atoms with Crippen LogP contribution in [0.2, 0.25) is 0 Å². The summed E-state index contributed by atoms with van der Waals surface area (Å²) < 4.78 is 0. The summed E-state index contributed by atoms with van der Waals surface area (Å²) in [6, 6.07) is 21.3. The Bertz CT molecular complexity index is 834. The number of anilines is 1. The van der Waals surface area contributed by atoms with Gasteiger partial charge in [-0.3, -0.25) is 4.79 Å². The van der Waals surface area contributed by atoms with Gasteiger partial charge in [0.2, 0.25) is 0 Å². The van der Waals surface area contributed by atoms with Crippen molar-refractivity contribution >= 4 is 35.1 Å². The third kappa shape index (κ3) is 3.96. The SMILES string of the molecule is Cc1ccc(/C=C/c2ccccc2C(=O)Nc2ccccc2)s1. The van der Waals surface area contributed by atoms with Crippen LogP contribution in [0.5, 0.6) is 0 Å². The van der Waals surface area contributed by atoms with Gasteiger partial charge in [0.25, 0.3) is 5.91 Å². The maximum absolute atomic E-state index is 12.5. The summed E-state index contributed by atoms with van der Waals surface area (Å²) >= 11 is 1.74. The Morgan fingerprint density at radius 3 is 2.39 bits per heavy atom. The molecule has 0 atom stereocenters. The van der Waals surface area contributed by atoms with E-state index in [2.05, 4.69) is 24.4 Å². The van der Waals surface area contributed by atoms with Crippen LogP contribution in [0, 0.1) is 6.92 Å². The molecule has 0 unspecified atom stereocenters. The second-order valence-electron chi connectivity index (χ2n) is 5.19. The highest BCUT2D eigenvalue weighted by atomic mass is 32.1. The van der Waals surface area contributed by atoms with E-state index in [1.54, 1.807) is 11.3 Å². The minimum atomic E-state index is -0.0983. The highest BCUT2D eigenvalue weighted by molar-refractivity contribution is 7.12. The molecule has 1 aromatic heterocycles. The van der Waals surface area contributed by atoms with Crippen molar-refractivity contribution in [2.45, 2.75) is 6.92 Å². The average molecular weight is 319 g/mol. The average Bonchev–Trinajstić information content (AvgIpc) is 2.99. The van der Waals surface area contributed by atoms with E-state index in [-0.39, 0.29) is 5.91 Å². The van der Waals surface area contributed by atoms with Gasteiger partial charge in [0.05, 0.1) is 0 Å². The van der Waals surface area contributed by atoms with Crippen LogP contribution in [-0.4, -0.2) is 5.91 Å². The smallest absolute Gasteiger partial charge is 0.256 e. The number of hydrogen-bond acceptors (Lipinski definition) is 2. The van der Waals surface area contributed by atoms with Gasteiger partial charge in [0.1, 0.15) is 0 Å². The Morgan fingerprint density at radius 1 is 0.913 bits per heavy atom.